The summed E-state index contributed by atoms with van der Waals surface area (Å²) in [6.45, 7) is 4.36. The van der Waals surface area contributed by atoms with E-state index in [1.54, 1.807) is 6.07 Å². The van der Waals surface area contributed by atoms with Crippen molar-refractivity contribution in [1.82, 2.24) is 5.32 Å². The Morgan fingerprint density at radius 1 is 1.29 bits per heavy atom. The van der Waals surface area contributed by atoms with E-state index >= 15 is 0 Å². The highest BCUT2D eigenvalue weighted by Crippen LogP contribution is 2.35. The first-order chi connectivity index (χ1) is 8.22. The number of rotatable bonds is 3. The zero-order valence-corrected chi connectivity index (χ0v) is 11.2. The summed E-state index contributed by atoms with van der Waals surface area (Å²) in [5.41, 5.74) is 2.19. The van der Waals surface area contributed by atoms with Gasteiger partial charge in [-0.15, -0.1) is 0 Å². The summed E-state index contributed by atoms with van der Waals surface area (Å²) in [6.07, 6.45) is 3.23. The lowest BCUT2D eigenvalue weighted by Crippen LogP contribution is -2.21. The van der Waals surface area contributed by atoms with E-state index in [1.165, 1.54) is 5.57 Å². The van der Waals surface area contributed by atoms with Crippen LogP contribution >= 0.6 is 23.2 Å². The van der Waals surface area contributed by atoms with Gasteiger partial charge in [-0.2, -0.15) is 0 Å². The van der Waals surface area contributed by atoms with Crippen molar-refractivity contribution in [2.75, 3.05) is 19.7 Å². The second kappa shape index (κ2) is 5.76. The van der Waals surface area contributed by atoms with Crippen LogP contribution in [-0.2, 0) is 0 Å². The van der Waals surface area contributed by atoms with E-state index in [2.05, 4.69) is 11.4 Å². The Hall–Kier alpha value is -0.700. The Morgan fingerprint density at radius 3 is 2.76 bits per heavy atom. The first kappa shape index (κ1) is 12.7. The van der Waals surface area contributed by atoms with Crippen molar-refractivity contribution in [2.24, 2.45) is 0 Å². The maximum Gasteiger partial charge on any atom is 0.139 e. The largest absolute Gasteiger partial charge is 0.492 e. The lowest BCUT2D eigenvalue weighted by atomic mass is 10.0. The van der Waals surface area contributed by atoms with Crippen LogP contribution in [0.25, 0.3) is 5.57 Å². The number of hydrogen-bond donors (Lipinski definition) is 1. The van der Waals surface area contributed by atoms with E-state index < -0.39 is 0 Å². The highest BCUT2D eigenvalue weighted by atomic mass is 35.5. The van der Waals surface area contributed by atoms with Crippen LogP contribution < -0.4 is 10.1 Å². The van der Waals surface area contributed by atoms with Gasteiger partial charge in [0.05, 0.1) is 16.7 Å². The standard InChI is InChI=1S/C13H15Cl2NO/c1-2-17-13-7-11(14)10(6-12(13)15)9-4-3-5-16-8-9/h4,6-7,16H,2-3,5,8H2,1H3. The fraction of sp³-hybridized carbons (Fsp3) is 0.385. The van der Waals surface area contributed by atoms with Crippen molar-refractivity contribution in [3.05, 3.63) is 33.8 Å². The fourth-order valence-corrected chi connectivity index (χ4v) is 2.38. The number of ether oxygens (including phenoxy) is 1. The summed E-state index contributed by atoms with van der Waals surface area (Å²) in [6, 6.07) is 3.67. The van der Waals surface area contributed by atoms with Crippen LogP contribution in [0, 0.1) is 0 Å². The molecular formula is C13H15Cl2NO. The van der Waals surface area contributed by atoms with Gasteiger partial charge < -0.3 is 10.1 Å². The van der Waals surface area contributed by atoms with Gasteiger partial charge in [-0.25, -0.2) is 0 Å². The molecule has 0 spiro atoms. The second-order valence-corrected chi connectivity index (χ2v) is 4.70. The van der Waals surface area contributed by atoms with E-state index in [9.17, 15) is 0 Å². The van der Waals surface area contributed by atoms with Crippen LogP contribution in [-0.4, -0.2) is 19.7 Å². The molecule has 1 N–H and O–H groups in total. The van der Waals surface area contributed by atoms with Crippen LogP contribution in [0.4, 0.5) is 0 Å². The molecular weight excluding hydrogens is 257 g/mol. The number of nitrogens with one attached hydrogen (secondary N) is 1. The molecule has 0 unspecified atom stereocenters. The van der Waals surface area contributed by atoms with Gasteiger partial charge in [0.1, 0.15) is 5.75 Å². The Balaban J connectivity index is 2.35. The minimum atomic E-state index is 0.583. The van der Waals surface area contributed by atoms with Crippen molar-refractivity contribution < 1.29 is 4.74 Å². The zero-order chi connectivity index (χ0) is 12.3. The van der Waals surface area contributed by atoms with Gasteiger partial charge in [0.25, 0.3) is 0 Å². The summed E-state index contributed by atoms with van der Waals surface area (Å²) in [5.74, 6) is 0.646. The Bertz CT molecular complexity index is 443. The molecule has 0 atom stereocenters. The molecule has 0 radical (unpaired) electrons. The van der Waals surface area contributed by atoms with Gasteiger partial charge in [0, 0.05) is 12.6 Å². The topological polar surface area (TPSA) is 21.3 Å². The molecule has 0 fully saturated rings. The van der Waals surface area contributed by atoms with Gasteiger partial charge in [-0.3, -0.25) is 0 Å². The second-order valence-electron chi connectivity index (χ2n) is 3.89. The van der Waals surface area contributed by atoms with Gasteiger partial charge in [0.2, 0.25) is 0 Å². The van der Waals surface area contributed by atoms with Crippen molar-refractivity contribution >= 4 is 28.8 Å². The van der Waals surface area contributed by atoms with Crippen LogP contribution in [0.1, 0.15) is 18.9 Å². The quantitative estimate of drug-likeness (QED) is 0.904. The van der Waals surface area contributed by atoms with Gasteiger partial charge in [0.15, 0.2) is 0 Å². The average molecular weight is 272 g/mol. The summed E-state index contributed by atoms with van der Waals surface area (Å²) in [5, 5.41) is 4.62. The monoisotopic (exact) mass is 271 g/mol. The smallest absolute Gasteiger partial charge is 0.139 e. The summed E-state index contributed by atoms with van der Waals surface area (Å²) < 4.78 is 5.41. The maximum atomic E-state index is 6.26. The van der Waals surface area contributed by atoms with Crippen LogP contribution in [0.15, 0.2) is 18.2 Å². The number of hydrogen-bond acceptors (Lipinski definition) is 2. The molecule has 1 aliphatic heterocycles. The van der Waals surface area contributed by atoms with Crippen molar-refractivity contribution in [3.63, 3.8) is 0 Å². The molecule has 2 nitrogen and oxygen atoms in total. The van der Waals surface area contributed by atoms with Gasteiger partial charge in [-0.05, 0) is 37.1 Å². The van der Waals surface area contributed by atoms with E-state index in [0.717, 1.165) is 25.1 Å². The molecule has 0 bridgehead atoms. The SMILES string of the molecule is CCOc1cc(Cl)c(C2=CCCNC2)cc1Cl. The third-order valence-corrected chi connectivity index (χ3v) is 3.30. The summed E-state index contributed by atoms with van der Waals surface area (Å²) in [7, 11) is 0. The first-order valence-corrected chi connectivity index (χ1v) is 6.50. The molecule has 4 heteroatoms. The van der Waals surface area contributed by atoms with Crippen LogP contribution in [0.2, 0.25) is 10.0 Å². The summed E-state index contributed by atoms with van der Waals surface area (Å²) in [4.78, 5) is 0. The predicted octanol–water partition coefficient (Wildman–Crippen LogP) is 3.77. The molecule has 2 rings (SSSR count). The normalized spacial score (nSPS) is 15.6. The molecule has 17 heavy (non-hydrogen) atoms. The van der Waals surface area contributed by atoms with Crippen molar-refractivity contribution in [1.29, 1.82) is 0 Å². The first-order valence-electron chi connectivity index (χ1n) is 5.74. The van der Waals surface area contributed by atoms with E-state index in [0.29, 0.717) is 22.4 Å². The third-order valence-electron chi connectivity index (χ3n) is 2.69. The van der Waals surface area contributed by atoms with Crippen LogP contribution in [0.3, 0.4) is 0 Å². The highest BCUT2D eigenvalue weighted by molar-refractivity contribution is 6.35. The van der Waals surface area contributed by atoms with E-state index in [1.807, 2.05) is 13.0 Å². The third kappa shape index (κ3) is 2.95. The molecule has 0 amide bonds. The molecule has 0 aliphatic carbocycles. The van der Waals surface area contributed by atoms with Crippen molar-refractivity contribution in [2.45, 2.75) is 13.3 Å². The molecule has 1 aliphatic rings. The van der Waals surface area contributed by atoms with Crippen LogP contribution in [0.5, 0.6) is 5.75 Å². The molecule has 1 aromatic carbocycles. The molecule has 1 heterocycles. The Morgan fingerprint density at radius 2 is 2.12 bits per heavy atom. The van der Waals surface area contributed by atoms with E-state index in [-0.39, 0.29) is 0 Å². The zero-order valence-electron chi connectivity index (χ0n) is 9.72. The molecule has 0 aromatic heterocycles. The lowest BCUT2D eigenvalue weighted by Gasteiger charge is -2.17. The summed E-state index contributed by atoms with van der Waals surface area (Å²) >= 11 is 12.4. The molecule has 1 aromatic rings. The van der Waals surface area contributed by atoms with Crippen molar-refractivity contribution in [3.8, 4) is 5.75 Å². The predicted molar refractivity (Wildman–Crippen MR) is 73.1 cm³/mol. The molecule has 0 saturated carbocycles. The molecule has 0 saturated heterocycles. The lowest BCUT2D eigenvalue weighted by molar-refractivity contribution is 0.340. The highest BCUT2D eigenvalue weighted by Gasteiger charge is 2.13. The Labute approximate surface area is 112 Å². The molecule has 92 valence electrons. The maximum absolute atomic E-state index is 6.26. The fourth-order valence-electron chi connectivity index (χ4n) is 1.89. The van der Waals surface area contributed by atoms with Gasteiger partial charge in [-0.1, -0.05) is 29.3 Å². The minimum absolute atomic E-state index is 0.583. The number of halogens is 2. The van der Waals surface area contributed by atoms with Gasteiger partial charge >= 0.3 is 0 Å². The minimum Gasteiger partial charge on any atom is -0.492 e. The Kier molecular flexibility index (Phi) is 4.32. The average Bonchev–Trinajstić information content (AvgIpc) is 2.35. The number of benzene rings is 1. The van der Waals surface area contributed by atoms with E-state index in [4.69, 9.17) is 27.9 Å².